The van der Waals surface area contributed by atoms with Crippen LogP contribution in [0.15, 0.2) is 17.7 Å². The molecule has 2 aromatic heterocycles. The zero-order valence-electron chi connectivity index (χ0n) is 10.6. The molecule has 0 saturated heterocycles. The number of carbonyl (C=O) groups is 1. The lowest BCUT2D eigenvalue weighted by Crippen LogP contribution is -2.43. The first kappa shape index (κ1) is 13.8. The Morgan fingerprint density at radius 1 is 1.53 bits per heavy atom. The Balaban J connectivity index is 2.04. The average Bonchev–Trinajstić information content (AvgIpc) is 2.87. The predicted octanol–water partition coefficient (Wildman–Crippen LogP) is 0.298. The van der Waals surface area contributed by atoms with E-state index in [9.17, 15) is 4.79 Å². The molecule has 19 heavy (non-hydrogen) atoms. The Kier molecular flexibility index (Phi) is 4.69. The van der Waals surface area contributed by atoms with Crippen LogP contribution in [0.3, 0.4) is 0 Å². The Morgan fingerprint density at radius 2 is 2.37 bits per heavy atom. The number of rotatable bonds is 7. The largest absolute Gasteiger partial charge is 0.368 e. The minimum Gasteiger partial charge on any atom is -0.368 e. The second kappa shape index (κ2) is 6.48. The molecule has 7 nitrogen and oxygen atoms in total. The number of H-pyrrole nitrogens is 1. The zero-order valence-corrected chi connectivity index (χ0v) is 11.4. The van der Waals surface area contributed by atoms with Crippen LogP contribution < -0.4 is 11.1 Å². The zero-order chi connectivity index (χ0) is 13.7. The summed E-state index contributed by atoms with van der Waals surface area (Å²) in [5, 5.41) is 3.89. The van der Waals surface area contributed by atoms with Crippen molar-refractivity contribution in [3.05, 3.63) is 12.7 Å². The SMILES string of the molecule is CCCNC(CSc1ncnc2nc[nH]c12)C(N)=O. The van der Waals surface area contributed by atoms with E-state index in [0.29, 0.717) is 11.4 Å². The van der Waals surface area contributed by atoms with E-state index in [2.05, 4.69) is 25.3 Å². The van der Waals surface area contributed by atoms with Gasteiger partial charge in [-0.05, 0) is 13.0 Å². The number of amides is 1. The summed E-state index contributed by atoms with van der Waals surface area (Å²) in [6, 6.07) is -0.363. The summed E-state index contributed by atoms with van der Waals surface area (Å²) in [7, 11) is 0. The molecule has 4 N–H and O–H groups in total. The number of nitrogens with zero attached hydrogens (tertiary/aromatic N) is 3. The first-order valence-corrected chi connectivity index (χ1v) is 7.00. The number of aromatic amines is 1. The highest BCUT2D eigenvalue weighted by atomic mass is 32.2. The number of hydrogen-bond acceptors (Lipinski definition) is 6. The molecule has 102 valence electrons. The number of carbonyl (C=O) groups excluding carboxylic acids is 1. The predicted molar refractivity (Wildman–Crippen MR) is 73.7 cm³/mol. The second-order valence-corrected chi connectivity index (χ2v) is 5.01. The average molecular weight is 280 g/mol. The molecule has 1 unspecified atom stereocenters. The monoisotopic (exact) mass is 280 g/mol. The molecule has 1 amide bonds. The molecule has 2 aromatic rings. The van der Waals surface area contributed by atoms with E-state index in [4.69, 9.17) is 5.73 Å². The van der Waals surface area contributed by atoms with Crippen LogP contribution in [0.1, 0.15) is 13.3 Å². The molecule has 0 spiro atoms. The first-order valence-electron chi connectivity index (χ1n) is 6.02. The number of fused-ring (bicyclic) bond motifs is 1. The fourth-order valence-electron chi connectivity index (χ4n) is 1.57. The maximum Gasteiger partial charge on any atom is 0.235 e. The smallest absolute Gasteiger partial charge is 0.235 e. The van der Waals surface area contributed by atoms with Gasteiger partial charge < -0.3 is 16.0 Å². The van der Waals surface area contributed by atoms with Gasteiger partial charge in [0.25, 0.3) is 0 Å². The summed E-state index contributed by atoms with van der Waals surface area (Å²) in [6.45, 7) is 2.80. The van der Waals surface area contributed by atoms with Crippen LogP contribution in [-0.4, -0.2) is 44.2 Å². The molecule has 1 atom stereocenters. The fourth-order valence-corrected chi connectivity index (χ4v) is 2.60. The number of imidazole rings is 1. The molecule has 0 aliphatic rings. The van der Waals surface area contributed by atoms with Crippen molar-refractivity contribution in [2.75, 3.05) is 12.3 Å². The van der Waals surface area contributed by atoms with Gasteiger partial charge in [-0.3, -0.25) is 4.79 Å². The number of aromatic nitrogens is 4. The van der Waals surface area contributed by atoms with E-state index in [1.165, 1.54) is 18.1 Å². The molecule has 0 saturated carbocycles. The molecule has 0 bridgehead atoms. The minimum atomic E-state index is -0.363. The topological polar surface area (TPSA) is 110 Å². The van der Waals surface area contributed by atoms with Crippen molar-refractivity contribution >= 4 is 28.8 Å². The third kappa shape index (κ3) is 3.42. The summed E-state index contributed by atoms with van der Waals surface area (Å²) in [5.41, 5.74) is 6.77. The van der Waals surface area contributed by atoms with E-state index >= 15 is 0 Å². The van der Waals surface area contributed by atoms with E-state index < -0.39 is 0 Å². The Bertz CT molecular complexity index is 557. The summed E-state index contributed by atoms with van der Waals surface area (Å²) in [4.78, 5) is 26.6. The van der Waals surface area contributed by atoms with Gasteiger partial charge in [-0.25, -0.2) is 15.0 Å². The number of hydrogen-bond donors (Lipinski definition) is 3. The fraction of sp³-hybridized carbons (Fsp3) is 0.455. The van der Waals surface area contributed by atoms with Crippen molar-refractivity contribution in [1.82, 2.24) is 25.3 Å². The van der Waals surface area contributed by atoms with E-state index in [1.807, 2.05) is 6.92 Å². The first-order chi connectivity index (χ1) is 9.22. The molecular weight excluding hydrogens is 264 g/mol. The summed E-state index contributed by atoms with van der Waals surface area (Å²) in [6.07, 6.45) is 3.99. The molecular formula is C11H16N6OS. The number of nitrogens with two attached hydrogens (primary N) is 1. The second-order valence-electron chi connectivity index (χ2n) is 4.00. The molecule has 0 aliphatic heterocycles. The van der Waals surface area contributed by atoms with E-state index in [0.717, 1.165) is 23.5 Å². The van der Waals surface area contributed by atoms with Gasteiger partial charge in [0.1, 0.15) is 16.9 Å². The molecule has 2 heterocycles. The van der Waals surface area contributed by atoms with Crippen molar-refractivity contribution in [3.63, 3.8) is 0 Å². The van der Waals surface area contributed by atoms with Crippen molar-refractivity contribution < 1.29 is 4.79 Å². The van der Waals surface area contributed by atoms with Crippen LogP contribution >= 0.6 is 11.8 Å². The number of thioether (sulfide) groups is 1. The number of primary amides is 1. The van der Waals surface area contributed by atoms with Gasteiger partial charge in [0.05, 0.1) is 12.4 Å². The van der Waals surface area contributed by atoms with Crippen LogP contribution in [-0.2, 0) is 4.79 Å². The Hall–Kier alpha value is -1.67. The van der Waals surface area contributed by atoms with Gasteiger partial charge in [0, 0.05) is 5.75 Å². The van der Waals surface area contributed by atoms with E-state index in [-0.39, 0.29) is 11.9 Å². The third-order valence-electron chi connectivity index (χ3n) is 2.56. The standard InChI is InChI=1S/C11H16N6OS/c1-2-3-13-7(9(12)18)4-19-11-8-10(15-5-14-8)16-6-17-11/h5-7,13H,2-4H2,1H3,(H2,12,18)(H,14,15,16,17). The summed E-state index contributed by atoms with van der Waals surface area (Å²) >= 11 is 1.46. The van der Waals surface area contributed by atoms with Gasteiger partial charge >= 0.3 is 0 Å². The van der Waals surface area contributed by atoms with Crippen molar-refractivity contribution in [1.29, 1.82) is 0 Å². The highest BCUT2D eigenvalue weighted by molar-refractivity contribution is 7.99. The summed E-state index contributed by atoms with van der Waals surface area (Å²) < 4.78 is 0. The molecule has 2 rings (SSSR count). The molecule has 0 aromatic carbocycles. The highest BCUT2D eigenvalue weighted by Crippen LogP contribution is 2.22. The van der Waals surface area contributed by atoms with Crippen LogP contribution in [0.2, 0.25) is 0 Å². The Labute approximate surface area is 114 Å². The van der Waals surface area contributed by atoms with Gasteiger partial charge in [-0.2, -0.15) is 0 Å². The highest BCUT2D eigenvalue weighted by Gasteiger charge is 2.16. The van der Waals surface area contributed by atoms with Gasteiger partial charge in [0.2, 0.25) is 5.91 Å². The Morgan fingerprint density at radius 3 is 3.11 bits per heavy atom. The van der Waals surface area contributed by atoms with Crippen molar-refractivity contribution in [3.8, 4) is 0 Å². The molecule has 0 fully saturated rings. The number of nitrogens with one attached hydrogen (secondary N) is 2. The quantitative estimate of drug-likeness (QED) is 0.497. The normalized spacial score (nSPS) is 12.7. The lowest BCUT2D eigenvalue weighted by molar-refractivity contribution is -0.119. The lowest BCUT2D eigenvalue weighted by atomic mass is 10.3. The molecule has 0 aliphatic carbocycles. The molecule has 8 heteroatoms. The third-order valence-corrected chi connectivity index (χ3v) is 3.64. The molecule has 0 radical (unpaired) electrons. The van der Waals surface area contributed by atoms with Crippen LogP contribution in [0, 0.1) is 0 Å². The van der Waals surface area contributed by atoms with Gasteiger partial charge in [-0.15, -0.1) is 11.8 Å². The van der Waals surface area contributed by atoms with Crippen LogP contribution in [0.4, 0.5) is 0 Å². The maximum atomic E-state index is 11.3. The van der Waals surface area contributed by atoms with Crippen molar-refractivity contribution in [2.24, 2.45) is 5.73 Å². The summed E-state index contributed by atoms with van der Waals surface area (Å²) in [5.74, 6) is 0.177. The van der Waals surface area contributed by atoms with Crippen LogP contribution in [0.25, 0.3) is 11.2 Å². The minimum absolute atomic E-state index is 0.351. The van der Waals surface area contributed by atoms with E-state index in [1.54, 1.807) is 6.33 Å². The maximum absolute atomic E-state index is 11.3. The van der Waals surface area contributed by atoms with Crippen LogP contribution in [0.5, 0.6) is 0 Å². The van der Waals surface area contributed by atoms with Crippen molar-refractivity contribution in [2.45, 2.75) is 24.4 Å². The lowest BCUT2D eigenvalue weighted by Gasteiger charge is -2.14. The van der Waals surface area contributed by atoms with Gasteiger partial charge in [0.15, 0.2) is 5.65 Å². The van der Waals surface area contributed by atoms with Gasteiger partial charge in [-0.1, -0.05) is 6.92 Å².